The van der Waals surface area contributed by atoms with Crippen LogP contribution < -0.4 is 0 Å². The molecular formula is C34H38Si3. The maximum absolute atomic E-state index is 2.67. The van der Waals surface area contributed by atoms with Crippen molar-refractivity contribution in [2.45, 2.75) is 39.3 Å². The van der Waals surface area contributed by atoms with Crippen molar-refractivity contribution in [3.05, 3.63) is 144 Å². The van der Waals surface area contributed by atoms with Crippen LogP contribution in [0.3, 0.4) is 0 Å². The summed E-state index contributed by atoms with van der Waals surface area (Å²) >= 11 is 0. The van der Waals surface area contributed by atoms with Crippen molar-refractivity contribution in [2.75, 3.05) is 0 Å². The summed E-state index contributed by atoms with van der Waals surface area (Å²) in [5.74, 6) is 0. The van der Waals surface area contributed by atoms with Gasteiger partial charge in [-0.25, -0.2) is 0 Å². The summed E-state index contributed by atoms with van der Waals surface area (Å²) in [6.45, 7) is 16.0. The van der Waals surface area contributed by atoms with Gasteiger partial charge in [0.05, 0.1) is 0 Å². The van der Waals surface area contributed by atoms with Crippen LogP contribution in [0.2, 0.25) is 39.3 Å². The lowest BCUT2D eigenvalue weighted by atomic mass is 9.89. The zero-order valence-electron chi connectivity index (χ0n) is 23.0. The first-order valence-corrected chi connectivity index (χ1v) is 24.4. The maximum atomic E-state index is 2.67. The molecule has 0 aliphatic carbocycles. The molecule has 0 atom stereocenters. The lowest BCUT2D eigenvalue weighted by Gasteiger charge is -2.52. The maximum Gasteiger partial charge on any atom is 0.106 e. The zero-order valence-corrected chi connectivity index (χ0v) is 26.0. The average Bonchev–Trinajstić information content (AvgIpc) is 3.24. The molecule has 186 valence electrons. The Morgan fingerprint density at radius 2 is 0.595 bits per heavy atom. The predicted octanol–water partition coefficient (Wildman–Crippen LogP) is 9.58. The molecule has 1 aliphatic heterocycles. The molecule has 0 unspecified atom stereocenters. The van der Waals surface area contributed by atoms with Crippen LogP contribution in [0, 0.1) is 0 Å². The Kier molecular flexibility index (Phi) is 6.73. The highest BCUT2D eigenvalue weighted by Crippen LogP contribution is 2.60. The molecular weight excluding hydrogens is 493 g/mol. The van der Waals surface area contributed by atoms with Gasteiger partial charge in [0.1, 0.15) is 7.11 Å². The van der Waals surface area contributed by atoms with E-state index in [2.05, 4.69) is 161 Å². The first-order chi connectivity index (χ1) is 17.7. The van der Waals surface area contributed by atoms with E-state index >= 15 is 0 Å². The first-order valence-electron chi connectivity index (χ1n) is 13.4. The van der Waals surface area contributed by atoms with E-state index in [0.717, 1.165) is 0 Å². The lowest BCUT2D eigenvalue weighted by molar-refractivity contribution is 1.58. The molecule has 1 aliphatic rings. The van der Waals surface area contributed by atoms with Crippen LogP contribution >= 0.6 is 0 Å². The van der Waals surface area contributed by atoms with Gasteiger partial charge in [0.25, 0.3) is 0 Å². The summed E-state index contributed by atoms with van der Waals surface area (Å²) in [5, 5.41) is 3.38. The van der Waals surface area contributed by atoms with Crippen LogP contribution in [0.25, 0.3) is 21.5 Å². The van der Waals surface area contributed by atoms with Gasteiger partial charge < -0.3 is 0 Å². The van der Waals surface area contributed by atoms with E-state index in [1.165, 1.54) is 33.4 Å². The molecule has 5 rings (SSSR count). The fourth-order valence-electron chi connectivity index (χ4n) is 7.09. The van der Waals surface area contributed by atoms with E-state index in [1.54, 1.807) is 10.4 Å². The molecule has 0 radical (unpaired) electrons. The summed E-state index contributed by atoms with van der Waals surface area (Å²) in [6.07, 6.45) is 0. The van der Waals surface area contributed by atoms with Gasteiger partial charge in [0.2, 0.25) is 0 Å². The van der Waals surface area contributed by atoms with Crippen LogP contribution in [-0.4, -0.2) is 22.3 Å². The van der Waals surface area contributed by atoms with Gasteiger partial charge in [0.15, 0.2) is 0 Å². The van der Waals surface area contributed by atoms with Crippen molar-refractivity contribution in [1.82, 2.24) is 0 Å². The average molecular weight is 531 g/mol. The van der Waals surface area contributed by atoms with Crippen molar-refractivity contribution >= 4 is 43.8 Å². The van der Waals surface area contributed by atoms with Gasteiger partial charge in [-0.1, -0.05) is 161 Å². The quantitative estimate of drug-likeness (QED) is 0.218. The fraction of sp³-hybridized carbons (Fsp3) is 0.176. The van der Waals surface area contributed by atoms with E-state index in [4.69, 9.17) is 0 Å². The molecule has 4 aromatic rings. The molecule has 0 aromatic heterocycles. The summed E-state index contributed by atoms with van der Waals surface area (Å²) in [5.41, 5.74) is 8.51. The van der Waals surface area contributed by atoms with Crippen LogP contribution in [0.15, 0.2) is 121 Å². The largest absolute Gasteiger partial charge is 0.106 e. The Morgan fingerprint density at radius 1 is 0.351 bits per heavy atom. The Hall–Kier alpha value is -2.99. The summed E-state index contributed by atoms with van der Waals surface area (Å²) in [4.78, 5) is 0. The summed E-state index contributed by atoms with van der Waals surface area (Å²) in [7, 11) is -5.76. The third kappa shape index (κ3) is 4.19. The fourth-order valence-corrected chi connectivity index (χ4v) is 54.3. The number of hydrogen-bond donors (Lipinski definition) is 0. The van der Waals surface area contributed by atoms with Crippen molar-refractivity contribution in [3.8, 4) is 0 Å². The highest BCUT2D eigenvalue weighted by Gasteiger charge is 2.63. The Balaban J connectivity index is 2.09. The summed E-state index contributed by atoms with van der Waals surface area (Å²) in [6, 6.07) is 45.3. The number of allylic oxidation sites excluding steroid dienone is 2. The van der Waals surface area contributed by atoms with Crippen LogP contribution in [0.4, 0.5) is 0 Å². The molecule has 0 nitrogen and oxygen atoms in total. The van der Waals surface area contributed by atoms with Gasteiger partial charge in [-0.05, 0) is 43.8 Å². The predicted molar refractivity (Wildman–Crippen MR) is 172 cm³/mol. The monoisotopic (exact) mass is 530 g/mol. The minimum absolute atomic E-state index is 1.35. The molecule has 0 bridgehead atoms. The molecule has 3 heteroatoms. The molecule has 0 spiro atoms. The van der Waals surface area contributed by atoms with Crippen molar-refractivity contribution in [3.63, 3.8) is 0 Å². The SMILES string of the molecule is C[Si](C)(C)[Si]1([Si](C)(C)C)C(c2ccccc2)=C(c2ccccc2)C(c2ccccc2)=C1c1ccccc1. The lowest BCUT2D eigenvalue weighted by Crippen LogP contribution is -2.72. The van der Waals surface area contributed by atoms with Crippen LogP contribution in [0.1, 0.15) is 22.3 Å². The molecule has 0 saturated heterocycles. The van der Waals surface area contributed by atoms with E-state index in [9.17, 15) is 0 Å². The van der Waals surface area contributed by atoms with Gasteiger partial charge >= 0.3 is 0 Å². The van der Waals surface area contributed by atoms with Crippen molar-refractivity contribution < 1.29 is 0 Å². The summed E-state index contributed by atoms with van der Waals surface area (Å²) < 4.78 is 0. The van der Waals surface area contributed by atoms with E-state index < -0.39 is 22.3 Å². The van der Waals surface area contributed by atoms with E-state index in [0.29, 0.717) is 0 Å². The second-order valence-electron chi connectivity index (χ2n) is 12.2. The Morgan fingerprint density at radius 3 is 0.838 bits per heavy atom. The molecule has 37 heavy (non-hydrogen) atoms. The Labute approximate surface area is 226 Å². The van der Waals surface area contributed by atoms with E-state index in [1.807, 2.05) is 0 Å². The molecule has 0 fully saturated rings. The number of hydrogen-bond acceptors (Lipinski definition) is 0. The Bertz CT molecular complexity index is 1320. The first kappa shape index (κ1) is 25.7. The zero-order chi connectivity index (χ0) is 26.3. The van der Waals surface area contributed by atoms with Gasteiger partial charge in [-0.15, -0.1) is 0 Å². The van der Waals surface area contributed by atoms with Crippen LogP contribution in [0.5, 0.6) is 0 Å². The molecule has 0 N–H and O–H groups in total. The smallest absolute Gasteiger partial charge is 0.0711 e. The molecule has 4 aromatic carbocycles. The van der Waals surface area contributed by atoms with Crippen LogP contribution in [-0.2, 0) is 0 Å². The third-order valence-corrected chi connectivity index (χ3v) is 45.1. The highest BCUT2D eigenvalue weighted by molar-refractivity contribution is 7.80. The highest BCUT2D eigenvalue weighted by atomic mass is 29.6. The number of benzene rings is 4. The molecule has 0 saturated carbocycles. The standard InChI is InChI=1S/C34H38Si3/c1-35(2,3)37(36(4,5)6)33(29-23-15-9-16-24-29)31(27-19-11-7-12-20-27)32(28-21-13-8-14-22-28)34(37)30-25-17-10-18-26-30/h7-26H,1-6H3. The molecule has 1 heterocycles. The van der Waals surface area contributed by atoms with Crippen molar-refractivity contribution in [2.24, 2.45) is 0 Å². The minimum atomic E-state index is -2.23. The van der Waals surface area contributed by atoms with Gasteiger partial charge in [0, 0.05) is 15.2 Å². The minimum Gasteiger partial charge on any atom is -0.0711 e. The van der Waals surface area contributed by atoms with E-state index in [-0.39, 0.29) is 0 Å². The van der Waals surface area contributed by atoms with Crippen molar-refractivity contribution in [1.29, 1.82) is 0 Å². The van der Waals surface area contributed by atoms with Gasteiger partial charge in [-0.2, -0.15) is 0 Å². The second-order valence-corrected chi connectivity index (χ2v) is 38.7. The number of rotatable bonds is 6. The molecule has 0 amide bonds. The van der Waals surface area contributed by atoms with Gasteiger partial charge in [-0.3, -0.25) is 0 Å². The normalized spacial score (nSPS) is 15.8. The third-order valence-electron chi connectivity index (χ3n) is 8.00. The topological polar surface area (TPSA) is 0 Å². The second kappa shape index (κ2) is 9.71.